The second kappa shape index (κ2) is 8.38. The first-order chi connectivity index (χ1) is 15.1. The first-order valence-electron chi connectivity index (χ1n) is 10.7. The molecule has 2 aliphatic rings. The highest BCUT2D eigenvalue weighted by molar-refractivity contribution is 7.15. The molecule has 3 aromatic rings. The van der Waals surface area contributed by atoms with Gasteiger partial charge in [0.1, 0.15) is 11.5 Å². The van der Waals surface area contributed by atoms with Gasteiger partial charge in [-0.2, -0.15) is 0 Å². The number of ether oxygens (including phenoxy) is 1. The average Bonchev–Trinajstić information content (AvgIpc) is 3.16. The van der Waals surface area contributed by atoms with Crippen molar-refractivity contribution >= 4 is 17.2 Å². The maximum atomic E-state index is 13.5. The molecule has 2 fully saturated rings. The van der Waals surface area contributed by atoms with Gasteiger partial charge >= 0.3 is 0 Å². The lowest BCUT2D eigenvalue weighted by Crippen LogP contribution is -2.57. The Morgan fingerprint density at radius 1 is 1.19 bits per heavy atom. The van der Waals surface area contributed by atoms with E-state index in [0.29, 0.717) is 36.6 Å². The number of hydrogen-bond acceptors (Lipinski definition) is 5. The number of nitrogens with zero attached hydrogens (tertiary/aromatic N) is 3. The minimum absolute atomic E-state index is 0.0393. The summed E-state index contributed by atoms with van der Waals surface area (Å²) in [5, 5.41) is 0.905. The van der Waals surface area contributed by atoms with Gasteiger partial charge in [-0.1, -0.05) is 30.3 Å². The highest BCUT2D eigenvalue weighted by atomic mass is 32.1. The molecule has 0 radical (unpaired) electrons. The molecule has 0 bridgehead atoms. The Balaban J connectivity index is 1.29. The van der Waals surface area contributed by atoms with E-state index in [9.17, 15) is 9.18 Å². The summed E-state index contributed by atoms with van der Waals surface area (Å²) in [5.74, 6) is 0.919. The quantitative estimate of drug-likeness (QED) is 0.565. The van der Waals surface area contributed by atoms with Gasteiger partial charge in [0.2, 0.25) is 5.88 Å². The monoisotopic (exact) mass is 437 g/mol. The SMILES string of the molecule is Cc1nc(C(=O)N2CCC(COc3ccc(F)cn3)C3CCC32)c(-c2ccccc2)s1. The zero-order valence-corrected chi connectivity index (χ0v) is 18.1. The molecule has 1 aliphatic heterocycles. The number of halogens is 1. The van der Waals surface area contributed by atoms with Crippen LogP contribution in [0.15, 0.2) is 48.7 Å². The molecule has 3 heterocycles. The van der Waals surface area contributed by atoms with E-state index in [1.165, 1.54) is 12.3 Å². The van der Waals surface area contributed by atoms with Crippen molar-refractivity contribution in [1.29, 1.82) is 0 Å². The molecule has 1 saturated heterocycles. The summed E-state index contributed by atoms with van der Waals surface area (Å²) in [7, 11) is 0. The van der Waals surface area contributed by atoms with Crippen LogP contribution in [0.25, 0.3) is 10.4 Å². The third-order valence-corrected chi connectivity index (χ3v) is 7.44. The normalized spacial score (nSPS) is 22.5. The molecule has 3 atom stereocenters. The number of hydrogen-bond donors (Lipinski definition) is 0. The van der Waals surface area contributed by atoms with E-state index in [-0.39, 0.29) is 17.8 Å². The van der Waals surface area contributed by atoms with Gasteiger partial charge in [0.15, 0.2) is 0 Å². The van der Waals surface area contributed by atoms with Gasteiger partial charge in [0.25, 0.3) is 5.91 Å². The van der Waals surface area contributed by atoms with Crippen LogP contribution in [0.4, 0.5) is 4.39 Å². The summed E-state index contributed by atoms with van der Waals surface area (Å²) < 4.78 is 18.9. The Morgan fingerprint density at radius 3 is 2.74 bits per heavy atom. The van der Waals surface area contributed by atoms with Gasteiger partial charge in [-0.25, -0.2) is 14.4 Å². The van der Waals surface area contributed by atoms with Gasteiger partial charge in [-0.3, -0.25) is 4.79 Å². The third kappa shape index (κ3) is 3.94. The lowest BCUT2D eigenvalue weighted by atomic mass is 9.67. The minimum Gasteiger partial charge on any atom is -0.477 e. The lowest BCUT2D eigenvalue weighted by molar-refractivity contribution is -0.0240. The average molecular weight is 438 g/mol. The number of pyridine rings is 1. The summed E-state index contributed by atoms with van der Waals surface area (Å²) in [6.45, 7) is 3.20. The van der Waals surface area contributed by atoms with E-state index in [1.54, 1.807) is 17.4 Å². The van der Waals surface area contributed by atoms with E-state index < -0.39 is 0 Å². The van der Waals surface area contributed by atoms with Gasteiger partial charge < -0.3 is 9.64 Å². The molecule has 0 spiro atoms. The van der Waals surface area contributed by atoms with Gasteiger partial charge in [0, 0.05) is 18.7 Å². The largest absolute Gasteiger partial charge is 0.477 e. The van der Waals surface area contributed by atoms with Crippen molar-refractivity contribution < 1.29 is 13.9 Å². The van der Waals surface area contributed by atoms with Crippen LogP contribution in [0.1, 0.15) is 34.8 Å². The van der Waals surface area contributed by atoms with E-state index >= 15 is 0 Å². The summed E-state index contributed by atoms with van der Waals surface area (Å²) >= 11 is 1.57. The zero-order valence-electron chi connectivity index (χ0n) is 17.3. The summed E-state index contributed by atoms with van der Waals surface area (Å²) in [5.41, 5.74) is 1.61. The standard InChI is InChI=1S/C24H24FN3O2S/c1-15-27-22(23(31-15)16-5-3-2-4-6-16)24(29)28-12-11-17(19-8-9-20(19)28)14-30-21-10-7-18(25)13-26-21/h2-7,10,13,17,19-20H,8-9,11-12,14H2,1H3. The summed E-state index contributed by atoms with van der Waals surface area (Å²) in [6, 6.07) is 13.2. The van der Waals surface area contributed by atoms with Crippen LogP contribution < -0.4 is 4.74 Å². The fourth-order valence-corrected chi connectivity index (χ4v) is 5.64. The van der Waals surface area contributed by atoms with Crippen LogP contribution in [0.3, 0.4) is 0 Å². The van der Waals surface area contributed by atoms with Crippen molar-refractivity contribution in [3.8, 4) is 16.3 Å². The summed E-state index contributed by atoms with van der Waals surface area (Å²) in [4.78, 5) is 25.1. The Hall–Kier alpha value is -2.80. The third-order valence-electron chi connectivity index (χ3n) is 6.42. The lowest BCUT2D eigenvalue weighted by Gasteiger charge is -2.52. The number of carbonyl (C=O) groups is 1. The smallest absolute Gasteiger partial charge is 0.274 e. The minimum atomic E-state index is -0.370. The number of likely N-dealkylation sites (tertiary alicyclic amines) is 1. The van der Waals surface area contributed by atoms with Gasteiger partial charge in [-0.15, -0.1) is 11.3 Å². The number of aryl methyl sites for hydroxylation is 1. The van der Waals surface area contributed by atoms with Crippen molar-refractivity contribution in [3.05, 3.63) is 65.2 Å². The van der Waals surface area contributed by atoms with Crippen LogP contribution in [0.2, 0.25) is 0 Å². The number of thiazole rings is 1. The maximum Gasteiger partial charge on any atom is 0.274 e. The Kier molecular flexibility index (Phi) is 5.44. The molecule has 1 aromatic carbocycles. The second-order valence-electron chi connectivity index (χ2n) is 8.26. The first kappa shape index (κ1) is 20.1. The number of benzene rings is 1. The fraction of sp³-hybridized carbons (Fsp3) is 0.375. The molecule has 2 aromatic heterocycles. The first-order valence-corrected chi connectivity index (χ1v) is 11.5. The highest BCUT2D eigenvalue weighted by Crippen LogP contribution is 2.44. The van der Waals surface area contributed by atoms with Crippen molar-refractivity contribution in [2.45, 2.75) is 32.2 Å². The molecule has 1 saturated carbocycles. The van der Waals surface area contributed by atoms with Crippen LogP contribution in [-0.4, -0.2) is 40.0 Å². The van der Waals surface area contributed by atoms with E-state index in [2.05, 4.69) is 9.97 Å². The van der Waals surface area contributed by atoms with Gasteiger partial charge in [-0.05, 0) is 49.7 Å². The number of rotatable bonds is 5. The molecular weight excluding hydrogens is 413 g/mol. The van der Waals surface area contributed by atoms with Crippen LogP contribution in [0, 0.1) is 24.6 Å². The van der Waals surface area contributed by atoms with Crippen molar-refractivity contribution in [3.63, 3.8) is 0 Å². The van der Waals surface area contributed by atoms with E-state index in [1.807, 2.05) is 42.2 Å². The van der Waals surface area contributed by atoms with Gasteiger partial charge in [0.05, 0.1) is 22.7 Å². The van der Waals surface area contributed by atoms with Crippen LogP contribution >= 0.6 is 11.3 Å². The molecule has 31 heavy (non-hydrogen) atoms. The van der Waals surface area contributed by atoms with Crippen molar-refractivity contribution in [2.75, 3.05) is 13.2 Å². The van der Waals surface area contributed by atoms with E-state index in [4.69, 9.17) is 4.74 Å². The molecule has 1 amide bonds. The fourth-order valence-electron chi connectivity index (χ4n) is 4.72. The molecule has 160 valence electrons. The molecule has 3 unspecified atom stereocenters. The number of carbonyl (C=O) groups excluding carboxylic acids is 1. The highest BCUT2D eigenvalue weighted by Gasteiger charge is 2.46. The Bertz CT molecular complexity index is 1070. The zero-order chi connectivity index (χ0) is 21.4. The molecule has 0 N–H and O–H groups in total. The van der Waals surface area contributed by atoms with E-state index in [0.717, 1.165) is 34.7 Å². The predicted octanol–water partition coefficient (Wildman–Crippen LogP) is 4.97. The molecule has 1 aliphatic carbocycles. The number of piperidine rings is 1. The number of amides is 1. The number of fused-ring (bicyclic) bond motifs is 1. The predicted molar refractivity (Wildman–Crippen MR) is 118 cm³/mol. The molecular formula is C24H24FN3O2S. The Labute approximate surface area is 184 Å². The maximum absolute atomic E-state index is 13.5. The van der Waals surface area contributed by atoms with Crippen LogP contribution in [-0.2, 0) is 0 Å². The van der Waals surface area contributed by atoms with Crippen LogP contribution in [0.5, 0.6) is 5.88 Å². The topological polar surface area (TPSA) is 55.3 Å². The Morgan fingerprint density at radius 2 is 2.03 bits per heavy atom. The number of aromatic nitrogens is 2. The van der Waals surface area contributed by atoms with Crippen molar-refractivity contribution in [2.24, 2.45) is 11.8 Å². The molecule has 7 heteroatoms. The molecule has 5 nitrogen and oxygen atoms in total. The van der Waals surface area contributed by atoms with Crippen molar-refractivity contribution in [1.82, 2.24) is 14.9 Å². The second-order valence-corrected chi connectivity index (χ2v) is 9.46. The summed E-state index contributed by atoms with van der Waals surface area (Å²) in [6.07, 6.45) is 4.17. The molecule has 5 rings (SSSR count).